The van der Waals surface area contributed by atoms with Crippen molar-refractivity contribution in [2.24, 2.45) is 11.8 Å². The number of piperidine rings is 1. The minimum atomic E-state index is -0.0553. The van der Waals surface area contributed by atoms with Crippen molar-refractivity contribution in [3.8, 4) is 0 Å². The molecule has 1 aliphatic rings. The zero-order valence-electron chi connectivity index (χ0n) is 18.4. The maximum Gasteiger partial charge on any atom is 0.270 e. The molecule has 1 fully saturated rings. The van der Waals surface area contributed by atoms with E-state index in [-0.39, 0.29) is 17.7 Å². The van der Waals surface area contributed by atoms with Gasteiger partial charge in [-0.3, -0.25) is 9.59 Å². The van der Waals surface area contributed by atoms with E-state index in [4.69, 9.17) is 0 Å². The molecule has 0 spiro atoms. The third-order valence-electron chi connectivity index (χ3n) is 6.61. The van der Waals surface area contributed by atoms with Crippen LogP contribution in [-0.4, -0.2) is 34.8 Å². The van der Waals surface area contributed by atoms with E-state index in [9.17, 15) is 9.59 Å². The van der Waals surface area contributed by atoms with E-state index in [1.807, 2.05) is 42.2 Å². The fourth-order valence-electron chi connectivity index (χ4n) is 4.42. The lowest BCUT2D eigenvalue weighted by molar-refractivity contribution is -0.126. The highest BCUT2D eigenvalue weighted by atomic mass is 16.2. The van der Waals surface area contributed by atoms with Crippen LogP contribution in [-0.2, 0) is 17.8 Å². The summed E-state index contributed by atoms with van der Waals surface area (Å²) in [7, 11) is 0. The summed E-state index contributed by atoms with van der Waals surface area (Å²) in [5.74, 6) is 0.386. The average Bonchev–Trinajstić information content (AvgIpc) is 3.26. The van der Waals surface area contributed by atoms with Gasteiger partial charge in [0.25, 0.3) is 5.91 Å². The minimum absolute atomic E-state index is 0.0438. The molecule has 0 saturated carbocycles. The second-order valence-corrected chi connectivity index (χ2v) is 8.58. The zero-order valence-corrected chi connectivity index (χ0v) is 18.4. The quantitative estimate of drug-likeness (QED) is 0.619. The van der Waals surface area contributed by atoms with Crippen LogP contribution in [0.3, 0.4) is 0 Å². The Hall–Kier alpha value is -3.08. The van der Waals surface area contributed by atoms with Crippen LogP contribution < -0.4 is 5.32 Å². The van der Waals surface area contributed by atoms with Gasteiger partial charge in [0, 0.05) is 36.5 Å². The third kappa shape index (κ3) is 4.82. The monoisotopic (exact) mass is 417 g/mol. The Bertz CT molecular complexity index is 1010. The van der Waals surface area contributed by atoms with Crippen molar-refractivity contribution >= 4 is 22.7 Å². The number of hydrogen-bond acceptors (Lipinski definition) is 2. The largest absolute Gasteiger partial charge is 0.352 e. The van der Waals surface area contributed by atoms with Crippen molar-refractivity contribution in [3.63, 3.8) is 0 Å². The van der Waals surface area contributed by atoms with Gasteiger partial charge in [0.2, 0.25) is 5.91 Å². The van der Waals surface area contributed by atoms with E-state index in [0.717, 1.165) is 35.7 Å². The number of H-pyrrole nitrogens is 1. The van der Waals surface area contributed by atoms with Gasteiger partial charge in [-0.2, -0.15) is 0 Å². The van der Waals surface area contributed by atoms with Gasteiger partial charge in [-0.15, -0.1) is 0 Å². The number of likely N-dealkylation sites (tertiary alicyclic amines) is 1. The van der Waals surface area contributed by atoms with Crippen molar-refractivity contribution in [3.05, 3.63) is 71.4 Å². The highest BCUT2D eigenvalue weighted by molar-refractivity contribution is 5.98. The second-order valence-electron chi connectivity index (χ2n) is 8.58. The average molecular weight is 418 g/mol. The van der Waals surface area contributed by atoms with Crippen LogP contribution in [0.1, 0.15) is 48.3 Å². The van der Waals surface area contributed by atoms with Crippen LogP contribution in [0.25, 0.3) is 10.9 Å². The number of benzene rings is 2. The maximum absolute atomic E-state index is 12.9. The highest BCUT2D eigenvalue weighted by Gasteiger charge is 2.30. The molecule has 0 bridgehead atoms. The van der Waals surface area contributed by atoms with E-state index >= 15 is 0 Å². The molecule has 1 aromatic heterocycles. The Morgan fingerprint density at radius 3 is 2.42 bits per heavy atom. The molecule has 2 N–H and O–H groups in total. The molecule has 1 atom stereocenters. The number of aromatic nitrogens is 1. The Morgan fingerprint density at radius 1 is 1.06 bits per heavy atom. The molecule has 5 heteroatoms. The van der Waals surface area contributed by atoms with E-state index in [2.05, 4.69) is 41.5 Å². The van der Waals surface area contributed by atoms with Crippen molar-refractivity contribution in [2.45, 2.75) is 39.7 Å². The van der Waals surface area contributed by atoms with Gasteiger partial charge >= 0.3 is 0 Å². The molecular formula is C26H31N3O2. The Labute approximate surface area is 183 Å². The molecule has 4 rings (SSSR count). The first-order chi connectivity index (χ1) is 15.0. The third-order valence-corrected chi connectivity index (χ3v) is 6.61. The first-order valence-electron chi connectivity index (χ1n) is 11.3. The lowest BCUT2D eigenvalue weighted by Gasteiger charge is -2.34. The van der Waals surface area contributed by atoms with Crippen LogP contribution >= 0.6 is 0 Å². The summed E-state index contributed by atoms with van der Waals surface area (Å²) in [6.45, 7) is 6.09. The fourth-order valence-corrected chi connectivity index (χ4v) is 4.42. The molecular weight excluding hydrogens is 386 g/mol. The van der Waals surface area contributed by atoms with Gasteiger partial charge < -0.3 is 15.2 Å². The molecule has 3 aromatic rings. The lowest BCUT2D eigenvalue weighted by Crippen LogP contribution is -2.42. The van der Waals surface area contributed by atoms with Gasteiger partial charge in [0.1, 0.15) is 5.69 Å². The van der Waals surface area contributed by atoms with Crippen molar-refractivity contribution in [2.75, 3.05) is 13.1 Å². The number of rotatable bonds is 6. The van der Waals surface area contributed by atoms with Crippen molar-refractivity contribution in [1.29, 1.82) is 0 Å². The summed E-state index contributed by atoms with van der Waals surface area (Å²) in [5.41, 5.74) is 4.04. The van der Waals surface area contributed by atoms with Crippen LogP contribution in [0.2, 0.25) is 0 Å². The zero-order chi connectivity index (χ0) is 21.8. The smallest absolute Gasteiger partial charge is 0.270 e. The van der Waals surface area contributed by atoms with Crippen LogP contribution in [0.4, 0.5) is 0 Å². The van der Waals surface area contributed by atoms with E-state index in [0.29, 0.717) is 31.2 Å². The van der Waals surface area contributed by atoms with Crippen LogP contribution in [0.15, 0.2) is 54.6 Å². The number of aromatic amines is 1. The standard InChI is InChI=1S/C26H31N3O2/c1-3-19-8-10-20(11-9-19)17-27-25(30)18(2)21-12-14-29(15-13-21)26(31)24-16-22-6-4-5-7-23(22)28-24/h4-11,16,18,21,28H,3,12-15,17H2,1-2H3,(H,27,30)/t18-/m1/s1. The van der Waals surface area contributed by atoms with E-state index in [1.165, 1.54) is 5.56 Å². The van der Waals surface area contributed by atoms with E-state index in [1.54, 1.807) is 0 Å². The number of para-hydroxylation sites is 1. The van der Waals surface area contributed by atoms with Gasteiger partial charge in [-0.05, 0) is 48.4 Å². The molecule has 1 aliphatic heterocycles. The SMILES string of the molecule is CCc1ccc(CNC(=O)[C@H](C)C2CCN(C(=O)c3cc4ccccc4[nH]3)CC2)cc1. The number of carbonyl (C=O) groups excluding carboxylic acids is 2. The van der Waals surface area contributed by atoms with Crippen LogP contribution in [0, 0.1) is 11.8 Å². The Balaban J connectivity index is 1.28. The van der Waals surface area contributed by atoms with Crippen molar-refractivity contribution < 1.29 is 9.59 Å². The number of nitrogens with one attached hydrogen (secondary N) is 2. The topological polar surface area (TPSA) is 65.2 Å². The molecule has 0 radical (unpaired) electrons. The molecule has 162 valence electrons. The van der Waals surface area contributed by atoms with Gasteiger partial charge in [-0.1, -0.05) is 56.3 Å². The van der Waals surface area contributed by atoms with Crippen molar-refractivity contribution in [1.82, 2.24) is 15.2 Å². The number of carbonyl (C=O) groups is 2. The summed E-state index contributed by atoms with van der Waals surface area (Å²) in [6.07, 6.45) is 2.72. The highest BCUT2D eigenvalue weighted by Crippen LogP contribution is 2.26. The summed E-state index contributed by atoms with van der Waals surface area (Å²) >= 11 is 0. The first kappa shape index (κ1) is 21.2. The fraction of sp³-hybridized carbons (Fsp3) is 0.385. The van der Waals surface area contributed by atoms with Crippen LogP contribution in [0.5, 0.6) is 0 Å². The number of aryl methyl sites for hydroxylation is 1. The molecule has 2 heterocycles. The second kappa shape index (κ2) is 9.38. The number of fused-ring (bicyclic) bond motifs is 1. The number of amides is 2. The normalized spacial score (nSPS) is 15.7. The summed E-state index contributed by atoms with van der Waals surface area (Å²) in [4.78, 5) is 30.7. The molecule has 2 amide bonds. The summed E-state index contributed by atoms with van der Waals surface area (Å²) in [5, 5.41) is 4.14. The Morgan fingerprint density at radius 2 is 1.74 bits per heavy atom. The number of hydrogen-bond donors (Lipinski definition) is 2. The molecule has 1 saturated heterocycles. The number of nitrogens with zero attached hydrogens (tertiary/aromatic N) is 1. The molecule has 5 nitrogen and oxygen atoms in total. The molecule has 0 aliphatic carbocycles. The van der Waals surface area contributed by atoms with Gasteiger partial charge in [0.15, 0.2) is 0 Å². The summed E-state index contributed by atoms with van der Waals surface area (Å²) in [6, 6.07) is 18.2. The Kier molecular flexibility index (Phi) is 6.40. The first-order valence-corrected chi connectivity index (χ1v) is 11.3. The molecule has 0 unspecified atom stereocenters. The molecule has 31 heavy (non-hydrogen) atoms. The van der Waals surface area contributed by atoms with Gasteiger partial charge in [-0.25, -0.2) is 0 Å². The molecule has 2 aromatic carbocycles. The maximum atomic E-state index is 12.9. The predicted molar refractivity (Wildman–Crippen MR) is 124 cm³/mol. The minimum Gasteiger partial charge on any atom is -0.352 e. The summed E-state index contributed by atoms with van der Waals surface area (Å²) < 4.78 is 0. The van der Waals surface area contributed by atoms with E-state index < -0.39 is 0 Å². The predicted octanol–water partition coefficient (Wildman–Crippen LogP) is 4.54. The lowest BCUT2D eigenvalue weighted by atomic mass is 9.84. The van der Waals surface area contributed by atoms with Gasteiger partial charge in [0.05, 0.1) is 0 Å².